The largest absolute Gasteiger partial charge is 0.493 e. The number of hydrogen-bond donors (Lipinski definition) is 1. The third-order valence-electron chi connectivity index (χ3n) is 3.11. The molecule has 0 bridgehead atoms. The second-order valence-electron chi connectivity index (χ2n) is 5.46. The Hall–Kier alpha value is -0.630. The number of hydrogen-bond acceptors (Lipinski definition) is 2. The molecule has 0 N–H and O–H groups in total. The van der Waals surface area contributed by atoms with E-state index in [1.54, 1.807) is 0 Å². The van der Waals surface area contributed by atoms with E-state index in [-0.39, 0.29) is 5.41 Å². The molecule has 0 radical (unpaired) electrons. The van der Waals surface area contributed by atoms with Crippen molar-refractivity contribution in [1.82, 2.24) is 0 Å². The summed E-state index contributed by atoms with van der Waals surface area (Å²) in [5.74, 6) is 2.40. The normalized spacial score (nSPS) is 13.5. The van der Waals surface area contributed by atoms with Crippen molar-refractivity contribution in [3.63, 3.8) is 0 Å². The van der Waals surface area contributed by atoms with Crippen molar-refractivity contribution in [3.8, 4) is 5.75 Å². The predicted molar refractivity (Wildman–Crippen MR) is 78.3 cm³/mol. The van der Waals surface area contributed by atoms with Crippen LogP contribution >= 0.6 is 12.6 Å². The zero-order valence-corrected chi connectivity index (χ0v) is 12.3. The average molecular weight is 252 g/mol. The first-order valence-electron chi connectivity index (χ1n) is 6.32. The standard InChI is InChI=1S/C15H24OS/c1-5-12(2)13-8-6-7-9-14(13)16-10-15(3,4)11-17/h6-9,12,17H,5,10-11H2,1-4H3. The van der Waals surface area contributed by atoms with Crippen molar-refractivity contribution in [3.05, 3.63) is 29.8 Å². The van der Waals surface area contributed by atoms with Gasteiger partial charge in [0.15, 0.2) is 0 Å². The maximum absolute atomic E-state index is 5.97. The lowest BCUT2D eigenvalue weighted by molar-refractivity contribution is 0.200. The molecule has 0 aliphatic rings. The first-order valence-corrected chi connectivity index (χ1v) is 6.96. The number of para-hydroxylation sites is 1. The zero-order valence-electron chi connectivity index (χ0n) is 11.4. The van der Waals surface area contributed by atoms with E-state index in [4.69, 9.17) is 4.74 Å². The number of ether oxygens (including phenoxy) is 1. The Morgan fingerprint density at radius 2 is 1.94 bits per heavy atom. The summed E-state index contributed by atoms with van der Waals surface area (Å²) in [5.41, 5.74) is 1.43. The van der Waals surface area contributed by atoms with Gasteiger partial charge in [-0.3, -0.25) is 0 Å². The molecule has 0 saturated heterocycles. The van der Waals surface area contributed by atoms with Crippen molar-refractivity contribution in [2.24, 2.45) is 5.41 Å². The van der Waals surface area contributed by atoms with Gasteiger partial charge < -0.3 is 4.74 Å². The van der Waals surface area contributed by atoms with Gasteiger partial charge in [-0.2, -0.15) is 12.6 Å². The summed E-state index contributed by atoms with van der Waals surface area (Å²) >= 11 is 4.35. The van der Waals surface area contributed by atoms with Gasteiger partial charge in [0.05, 0.1) is 6.61 Å². The molecule has 1 unspecified atom stereocenters. The summed E-state index contributed by atoms with van der Waals surface area (Å²) in [4.78, 5) is 0. The van der Waals surface area contributed by atoms with E-state index in [9.17, 15) is 0 Å². The quantitative estimate of drug-likeness (QED) is 0.732. The van der Waals surface area contributed by atoms with Gasteiger partial charge in [-0.1, -0.05) is 45.9 Å². The monoisotopic (exact) mass is 252 g/mol. The lowest BCUT2D eigenvalue weighted by Crippen LogP contribution is -2.23. The molecular weight excluding hydrogens is 228 g/mol. The van der Waals surface area contributed by atoms with E-state index in [2.05, 4.69) is 58.5 Å². The van der Waals surface area contributed by atoms with Gasteiger partial charge in [-0.25, -0.2) is 0 Å². The molecule has 0 aliphatic carbocycles. The van der Waals surface area contributed by atoms with Gasteiger partial charge in [0, 0.05) is 5.41 Å². The van der Waals surface area contributed by atoms with Crippen LogP contribution in [0.5, 0.6) is 5.75 Å². The molecule has 0 spiro atoms. The van der Waals surface area contributed by atoms with Crippen LogP contribution in [0.1, 0.15) is 45.6 Å². The highest BCUT2D eigenvalue weighted by atomic mass is 32.1. The highest BCUT2D eigenvalue weighted by Gasteiger charge is 2.18. The fourth-order valence-corrected chi connectivity index (χ4v) is 1.65. The zero-order chi connectivity index (χ0) is 12.9. The molecule has 0 aliphatic heterocycles. The molecule has 2 heteroatoms. The van der Waals surface area contributed by atoms with Gasteiger partial charge in [0.2, 0.25) is 0 Å². The first kappa shape index (κ1) is 14.4. The smallest absolute Gasteiger partial charge is 0.122 e. The van der Waals surface area contributed by atoms with Crippen LogP contribution in [0.3, 0.4) is 0 Å². The van der Waals surface area contributed by atoms with Crippen LogP contribution < -0.4 is 4.74 Å². The number of benzene rings is 1. The van der Waals surface area contributed by atoms with Gasteiger partial charge >= 0.3 is 0 Å². The summed E-state index contributed by atoms with van der Waals surface area (Å²) < 4.78 is 5.97. The Bertz CT molecular complexity index is 347. The molecule has 1 nitrogen and oxygen atoms in total. The molecule has 0 amide bonds. The van der Waals surface area contributed by atoms with Gasteiger partial charge in [0.1, 0.15) is 5.75 Å². The van der Waals surface area contributed by atoms with E-state index >= 15 is 0 Å². The summed E-state index contributed by atoms with van der Waals surface area (Å²) in [6.45, 7) is 9.51. The van der Waals surface area contributed by atoms with Crippen LogP contribution in [0, 0.1) is 5.41 Å². The molecular formula is C15H24OS. The average Bonchev–Trinajstić information content (AvgIpc) is 2.36. The van der Waals surface area contributed by atoms with E-state index in [0.717, 1.165) is 17.9 Å². The SMILES string of the molecule is CCC(C)c1ccccc1OCC(C)(C)CS. The number of thiol groups is 1. The Kier molecular flexibility index (Phi) is 5.38. The van der Waals surface area contributed by atoms with E-state index < -0.39 is 0 Å². The van der Waals surface area contributed by atoms with Gasteiger partial charge in [0.25, 0.3) is 0 Å². The molecule has 1 atom stereocenters. The van der Waals surface area contributed by atoms with Crippen LogP contribution in [0.4, 0.5) is 0 Å². The van der Waals surface area contributed by atoms with Crippen molar-refractivity contribution in [1.29, 1.82) is 0 Å². The lowest BCUT2D eigenvalue weighted by Gasteiger charge is -2.24. The molecule has 0 fully saturated rings. The minimum Gasteiger partial charge on any atom is -0.493 e. The molecule has 0 saturated carbocycles. The highest BCUT2D eigenvalue weighted by Crippen LogP contribution is 2.29. The van der Waals surface area contributed by atoms with Crippen LogP contribution in [0.15, 0.2) is 24.3 Å². The fraction of sp³-hybridized carbons (Fsp3) is 0.600. The summed E-state index contributed by atoms with van der Waals surface area (Å²) in [7, 11) is 0. The van der Waals surface area contributed by atoms with Crippen molar-refractivity contribution in [2.45, 2.75) is 40.0 Å². The van der Waals surface area contributed by atoms with Crippen molar-refractivity contribution < 1.29 is 4.74 Å². The minimum absolute atomic E-state index is 0.117. The van der Waals surface area contributed by atoms with Crippen LogP contribution in [0.2, 0.25) is 0 Å². The third-order valence-corrected chi connectivity index (χ3v) is 3.96. The Labute approximate surface area is 111 Å². The second-order valence-corrected chi connectivity index (χ2v) is 5.77. The van der Waals surface area contributed by atoms with Crippen LogP contribution in [-0.4, -0.2) is 12.4 Å². The molecule has 0 heterocycles. The maximum Gasteiger partial charge on any atom is 0.122 e. The molecule has 1 rings (SSSR count). The van der Waals surface area contributed by atoms with Crippen molar-refractivity contribution >= 4 is 12.6 Å². The molecule has 17 heavy (non-hydrogen) atoms. The van der Waals surface area contributed by atoms with E-state index in [1.165, 1.54) is 5.56 Å². The molecule has 0 aromatic heterocycles. The molecule has 1 aromatic carbocycles. The topological polar surface area (TPSA) is 9.23 Å². The lowest BCUT2D eigenvalue weighted by atomic mass is 9.96. The third kappa shape index (κ3) is 4.27. The second kappa shape index (κ2) is 6.34. The predicted octanol–water partition coefficient (Wildman–Crippen LogP) is 4.53. The Balaban J connectivity index is 2.77. The van der Waals surface area contributed by atoms with Crippen LogP contribution in [-0.2, 0) is 0 Å². The van der Waals surface area contributed by atoms with E-state index in [0.29, 0.717) is 12.5 Å². The molecule has 1 aromatic rings. The summed E-state index contributed by atoms with van der Waals surface area (Å²) in [6.07, 6.45) is 1.14. The van der Waals surface area contributed by atoms with Crippen LogP contribution in [0.25, 0.3) is 0 Å². The minimum atomic E-state index is 0.117. The first-order chi connectivity index (χ1) is 8.00. The van der Waals surface area contributed by atoms with Gasteiger partial charge in [-0.15, -0.1) is 0 Å². The van der Waals surface area contributed by atoms with Crippen molar-refractivity contribution in [2.75, 3.05) is 12.4 Å². The fourth-order valence-electron chi connectivity index (χ4n) is 1.56. The van der Waals surface area contributed by atoms with Gasteiger partial charge in [-0.05, 0) is 29.7 Å². The Morgan fingerprint density at radius 1 is 1.29 bits per heavy atom. The Morgan fingerprint density at radius 3 is 2.53 bits per heavy atom. The summed E-state index contributed by atoms with van der Waals surface area (Å²) in [5, 5.41) is 0. The number of rotatable bonds is 6. The van der Waals surface area contributed by atoms with E-state index in [1.807, 2.05) is 6.07 Å². The molecule has 96 valence electrons. The maximum atomic E-state index is 5.97. The highest BCUT2D eigenvalue weighted by molar-refractivity contribution is 7.80. The summed E-state index contributed by atoms with van der Waals surface area (Å²) in [6, 6.07) is 8.35.